The normalized spacial score (nSPS) is 11.6. The second-order valence-corrected chi connectivity index (χ2v) is 5.63. The fourth-order valence-electron chi connectivity index (χ4n) is 1.44. The molecule has 0 saturated carbocycles. The third kappa shape index (κ3) is 5.28. The van der Waals surface area contributed by atoms with Crippen LogP contribution < -0.4 is 5.32 Å². The van der Waals surface area contributed by atoms with E-state index in [0.717, 1.165) is 19.4 Å². The highest BCUT2D eigenvalue weighted by atomic mass is 32.1. The first-order valence-electron chi connectivity index (χ1n) is 5.74. The minimum atomic E-state index is 0.570. The summed E-state index contributed by atoms with van der Waals surface area (Å²) in [5.74, 6) is 0.703. The summed E-state index contributed by atoms with van der Waals surface area (Å²) in [6.07, 6.45) is 2.16. The maximum atomic E-state index is 4.63. The van der Waals surface area contributed by atoms with Crippen LogP contribution in [0.25, 0.3) is 0 Å². The first-order chi connectivity index (χ1) is 7.08. The van der Waals surface area contributed by atoms with Gasteiger partial charge in [-0.15, -0.1) is 11.3 Å². The molecule has 1 heterocycles. The van der Waals surface area contributed by atoms with Crippen LogP contribution >= 0.6 is 11.3 Å². The summed E-state index contributed by atoms with van der Waals surface area (Å²) in [4.78, 5) is 4.63. The smallest absolute Gasteiger partial charge is 0.0940 e. The molecule has 0 radical (unpaired) electrons. The van der Waals surface area contributed by atoms with Gasteiger partial charge in [-0.25, -0.2) is 4.98 Å². The van der Waals surface area contributed by atoms with Crippen molar-refractivity contribution in [3.05, 3.63) is 16.1 Å². The van der Waals surface area contributed by atoms with Gasteiger partial charge in [-0.05, 0) is 12.3 Å². The van der Waals surface area contributed by atoms with Gasteiger partial charge in [-0.2, -0.15) is 0 Å². The highest BCUT2D eigenvalue weighted by Gasteiger charge is 2.04. The largest absolute Gasteiger partial charge is 0.314 e. The van der Waals surface area contributed by atoms with Crippen LogP contribution in [0.3, 0.4) is 0 Å². The lowest BCUT2D eigenvalue weighted by molar-refractivity contribution is 0.588. The van der Waals surface area contributed by atoms with E-state index in [9.17, 15) is 0 Å². The Morgan fingerprint density at radius 2 is 2.07 bits per heavy atom. The zero-order valence-electron chi connectivity index (χ0n) is 10.2. The van der Waals surface area contributed by atoms with Crippen LogP contribution in [0.15, 0.2) is 5.38 Å². The van der Waals surface area contributed by atoms with E-state index < -0.39 is 0 Å². The Labute approximate surface area is 97.1 Å². The molecule has 0 spiro atoms. The summed E-state index contributed by atoms with van der Waals surface area (Å²) in [6, 6.07) is 0.570. The highest BCUT2D eigenvalue weighted by Crippen LogP contribution is 2.13. The van der Waals surface area contributed by atoms with E-state index in [1.54, 1.807) is 11.3 Å². The van der Waals surface area contributed by atoms with Gasteiger partial charge in [0.1, 0.15) is 0 Å². The van der Waals surface area contributed by atoms with E-state index >= 15 is 0 Å². The molecule has 0 unspecified atom stereocenters. The van der Waals surface area contributed by atoms with Crippen LogP contribution in [0, 0.1) is 5.92 Å². The molecule has 86 valence electrons. The van der Waals surface area contributed by atoms with Gasteiger partial charge < -0.3 is 5.32 Å². The number of nitrogens with one attached hydrogen (secondary N) is 1. The summed E-state index contributed by atoms with van der Waals surface area (Å²) in [6.45, 7) is 9.85. The van der Waals surface area contributed by atoms with Crippen molar-refractivity contribution in [2.75, 3.05) is 6.54 Å². The van der Waals surface area contributed by atoms with Crippen molar-refractivity contribution in [2.24, 2.45) is 5.92 Å². The molecule has 0 aliphatic heterocycles. The molecule has 0 atom stereocenters. The zero-order valence-corrected chi connectivity index (χ0v) is 11.0. The molecular formula is C12H22N2S. The molecule has 0 fully saturated rings. The predicted molar refractivity (Wildman–Crippen MR) is 67.5 cm³/mol. The summed E-state index contributed by atoms with van der Waals surface area (Å²) in [7, 11) is 0. The molecule has 0 aliphatic rings. The third-order valence-electron chi connectivity index (χ3n) is 2.11. The maximum Gasteiger partial charge on any atom is 0.0940 e. The first kappa shape index (κ1) is 12.7. The van der Waals surface area contributed by atoms with Gasteiger partial charge in [0.05, 0.1) is 10.7 Å². The van der Waals surface area contributed by atoms with Gasteiger partial charge in [-0.3, -0.25) is 0 Å². The van der Waals surface area contributed by atoms with Gasteiger partial charge >= 0.3 is 0 Å². The van der Waals surface area contributed by atoms with Crippen LogP contribution in [0.1, 0.15) is 38.4 Å². The van der Waals surface area contributed by atoms with E-state index in [0.29, 0.717) is 12.0 Å². The molecule has 1 aromatic heterocycles. The van der Waals surface area contributed by atoms with Gasteiger partial charge in [0, 0.05) is 24.4 Å². The average Bonchev–Trinajstić information content (AvgIpc) is 2.50. The molecule has 1 rings (SSSR count). The first-order valence-corrected chi connectivity index (χ1v) is 6.62. The molecule has 1 N–H and O–H groups in total. The van der Waals surface area contributed by atoms with Crippen molar-refractivity contribution in [2.45, 2.75) is 46.6 Å². The van der Waals surface area contributed by atoms with Gasteiger partial charge in [0.25, 0.3) is 0 Å². The Kier molecular flexibility index (Phi) is 5.26. The molecule has 0 aromatic carbocycles. The van der Waals surface area contributed by atoms with Crippen LogP contribution in [0.5, 0.6) is 0 Å². The van der Waals surface area contributed by atoms with E-state index in [1.807, 2.05) is 0 Å². The number of rotatable bonds is 6. The molecule has 2 nitrogen and oxygen atoms in total. The molecule has 0 amide bonds. The summed E-state index contributed by atoms with van der Waals surface area (Å²) < 4.78 is 0. The standard InChI is InChI=1S/C12H22N2S/c1-9(2)7-11-8-15-12(14-11)5-6-13-10(3)4/h8-10,13H,5-7H2,1-4H3. The highest BCUT2D eigenvalue weighted by molar-refractivity contribution is 7.09. The minimum absolute atomic E-state index is 0.570. The van der Waals surface area contributed by atoms with Crippen molar-refractivity contribution < 1.29 is 0 Å². The number of hydrogen-bond donors (Lipinski definition) is 1. The van der Waals surface area contributed by atoms with Crippen molar-refractivity contribution in [3.8, 4) is 0 Å². The van der Waals surface area contributed by atoms with Crippen LogP contribution in [0.4, 0.5) is 0 Å². The van der Waals surface area contributed by atoms with E-state index in [4.69, 9.17) is 0 Å². The second kappa shape index (κ2) is 6.23. The summed E-state index contributed by atoms with van der Waals surface area (Å²) in [5.41, 5.74) is 1.26. The average molecular weight is 226 g/mol. The molecule has 0 bridgehead atoms. The van der Waals surface area contributed by atoms with Crippen LogP contribution in [-0.2, 0) is 12.8 Å². The fraction of sp³-hybridized carbons (Fsp3) is 0.750. The Morgan fingerprint density at radius 3 is 2.67 bits per heavy atom. The lowest BCUT2D eigenvalue weighted by Gasteiger charge is -2.05. The number of thiazole rings is 1. The summed E-state index contributed by atoms with van der Waals surface area (Å²) in [5, 5.41) is 6.87. The Morgan fingerprint density at radius 1 is 1.33 bits per heavy atom. The van der Waals surface area contributed by atoms with E-state index in [2.05, 4.69) is 43.4 Å². The number of aromatic nitrogens is 1. The maximum absolute atomic E-state index is 4.63. The topological polar surface area (TPSA) is 24.9 Å². The molecule has 0 saturated heterocycles. The zero-order chi connectivity index (χ0) is 11.3. The second-order valence-electron chi connectivity index (χ2n) is 4.69. The number of nitrogens with zero attached hydrogens (tertiary/aromatic N) is 1. The molecular weight excluding hydrogens is 204 g/mol. The van der Waals surface area contributed by atoms with Gasteiger partial charge in [0.15, 0.2) is 0 Å². The fourth-order valence-corrected chi connectivity index (χ4v) is 2.25. The molecule has 1 aromatic rings. The van der Waals surface area contributed by atoms with Crippen LogP contribution in [0.2, 0.25) is 0 Å². The lowest BCUT2D eigenvalue weighted by atomic mass is 10.1. The van der Waals surface area contributed by atoms with Crippen molar-refractivity contribution >= 4 is 11.3 Å². The van der Waals surface area contributed by atoms with Gasteiger partial charge in [-0.1, -0.05) is 27.7 Å². The predicted octanol–water partition coefficient (Wildman–Crippen LogP) is 2.88. The van der Waals surface area contributed by atoms with Crippen LogP contribution in [-0.4, -0.2) is 17.6 Å². The van der Waals surface area contributed by atoms with Crippen molar-refractivity contribution in [3.63, 3.8) is 0 Å². The van der Waals surface area contributed by atoms with E-state index in [1.165, 1.54) is 10.7 Å². The Hall–Kier alpha value is -0.410. The molecule has 0 aliphatic carbocycles. The molecule has 15 heavy (non-hydrogen) atoms. The summed E-state index contributed by atoms with van der Waals surface area (Å²) >= 11 is 1.79. The number of hydrogen-bond acceptors (Lipinski definition) is 3. The van der Waals surface area contributed by atoms with Crippen molar-refractivity contribution in [1.29, 1.82) is 0 Å². The minimum Gasteiger partial charge on any atom is -0.314 e. The Bertz CT molecular complexity index is 279. The Balaban J connectivity index is 2.33. The SMILES string of the molecule is CC(C)Cc1csc(CCNC(C)C)n1. The van der Waals surface area contributed by atoms with E-state index in [-0.39, 0.29) is 0 Å². The third-order valence-corrected chi connectivity index (χ3v) is 3.07. The molecule has 3 heteroatoms. The lowest BCUT2D eigenvalue weighted by Crippen LogP contribution is -2.24. The van der Waals surface area contributed by atoms with Crippen molar-refractivity contribution in [1.82, 2.24) is 10.3 Å². The van der Waals surface area contributed by atoms with Gasteiger partial charge in [0.2, 0.25) is 0 Å². The monoisotopic (exact) mass is 226 g/mol. The quantitative estimate of drug-likeness (QED) is 0.807.